The van der Waals surface area contributed by atoms with Crippen molar-refractivity contribution in [2.45, 2.75) is 116 Å². The summed E-state index contributed by atoms with van der Waals surface area (Å²) in [7, 11) is 0. The Hall–Kier alpha value is -3.14. The largest absolute Gasteiger partial charge is 0.372 e. The highest BCUT2D eigenvalue weighted by Crippen LogP contribution is 2.47. The molecule has 248 valence electrons. The number of benzene rings is 1. The third-order valence-electron chi connectivity index (χ3n) is 9.42. The molecule has 0 saturated carbocycles. The minimum absolute atomic E-state index is 0.00994. The summed E-state index contributed by atoms with van der Waals surface area (Å²) in [6.45, 7) is 22.5. The van der Waals surface area contributed by atoms with Crippen LogP contribution in [0.25, 0.3) is 0 Å². The molecule has 3 aliphatic rings. The van der Waals surface area contributed by atoms with Gasteiger partial charge in [-0.1, -0.05) is 42.5 Å². The van der Waals surface area contributed by atoms with Gasteiger partial charge in [-0.15, -0.1) is 0 Å². The molecule has 1 saturated heterocycles. The smallest absolute Gasteiger partial charge is 0.227 e. The van der Waals surface area contributed by atoms with Crippen molar-refractivity contribution in [3.8, 4) is 0 Å². The number of amidine groups is 1. The fourth-order valence-corrected chi connectivity index (χ4v) is 7.20. The van der Waals surface area contributed by atoms with E-state index < -0.39 is 5.41 Å². The predicted octanol–water partition coefficient (Wildman–Crippen LogP) is 4.26. The molecule has 1 heterocycles. The number of hydrogen-bond acceptors (Lipinski definition) is 7. The second-order valence-corrected chi connectivity index (χ2v) is 15.2. The number of hydrazone groups is 1. The van der Waals surface area contributed by atoms with Crippen LogP contribution >= 0.6 is 0 Å². The highest BCUT2D eigenvalue weighted by atomic mass is 16.2. The highest BCUT2D eigenvalue weighted by Gasteiger charge is 2.46. The van der Waals surface area contributed by atoms with E-state index in [4.69, 9.17) is 11.7 Å². The van der Waals surface area contributed by atoms with E-state index in [0.717, 1.165) is 42.8 Å². The second kappa shape index (κ2) is 14.1. The molecule has 9 nitrogen and oxygen atoms in total. The van der Waals surface area contributed by atoms with Crippen LogP contribution in [0.15, 0.2) is 58.9 Å². The summed E-state index contributed by atoms with van der Waals surface area (Å²) in [5.41, 5.74) is 9.07. The molecule has 0 aromatic heterocycles. The van der Waals surface area contributed by atoms with Gasteiger partial charge < -0.3 is 32.1 Å². The molecule has 4 rings (SSSR count). The van der Waals surface area contributed by atoms with E-state index in [0.29, 0.717) is 37.8 Å². The van der Waals surface area contributed by atoms with Crippen molar-refractivity contribution in [2.24, 2.45) is 22.7 Å². The number of amides is 1. The molecule has 9 heteroatoms. The Bertz CT molecular complexity index is 1330. The van der Waals surface area contributed by atoms with Crippen molar-refractivity contribution < 1.29 is 4.79 Å². The number of hydrogen-bond donors (Lipinski definition) is 6. The maximum Gasteiger partial charge on any atom is 0.227 e. The lowest BCUT2D eigenvalue weighted by molar-refractivity contribution is -0.125. The molecule has 8 N–H and O–H groups in total. The van der Waals surface area contributed by atoms with Crippen molar-refractivity contribution in [3.05, 3.63) is 70.5 Å². The number of fused-ring (bicyclic) bond motifs is 1. The normalized spacial score (nSPS) is 23.8. The number of nitrogens with zero attached hydrogens (tertiary/aromatic N) is 2. The zero-order chi connectivity index (χ0) is 33.0. The summed E-state index contributed by atoms with van der Waals surface area (Å²) >= 11 is 0. The van der Waals surface area contributed by atoms with Gasteiger partial charge in [0.2, 0.25) is 5.91 Å². The number of likely N-dealkylation sites (tertiary alicyclic amines) is 1. The minimum Gasteiger partial charge on any atom is -0.372 e. The first-order valence-electron chi connectivity index (χ1n) is 16.7. The molecule has 0 bridgehead atoms. The molecule has 3 atom stereocenters. The standard InChI is InChI=1S/C36H58N8O/c1-24-10-9-19-44(24)25(2)22-39-18-17-36(33(42-37)43-38)30-15-11-26(23-40-34(3,4)5)20-27(30)12-13-28-21-29(14-16-31(28)36)32(45)41-35(6,7)8/h11,14-16,20,24,29,39-40H,2,9-10,12-13,17-19,21-23,37-38H2,1,3-8H3,(H,41,45)(H,42,43). The number of rotatable bonds is 10. The Morgan fingerprint density at radius 1 is 1.16 bits per heavy atom. The highest BCUT2D eigenvalue weighted by molar-refractivity contribution is 5.98. The van der Waals surface area contributed by atoms with Gasteiger partial charge in [-0.05, 0) is 116 Å². The molecule has 45 heavy (non-hydrogen) atoms. The van der Waals surface area contributed by atoms with Crippen LogP contribution in [0.2, 0.25) is 0 Å². The van der Waals surface area contributed by atoms with Gasteiger partial charge in [0.05, 0.1) is 11.3 Å². The Morgan fingerprint density at radius 2 is 1.91 bits per heavy atom. The van der Waals surface area contributed by atoms with Crippen LogP contribution in [0.5, 0.6) is 0 Å². The lowest BCUT2D eigenvalue weighted by Gasteiger charge is -2.39. The Morgan fingerprint density at radius 3 is 2.53 bits per heavy atom. The maximum absolute atomic E-state index is 13.3. The molecular weight excluding hydrogens is 560 g/mol. The number of aryl methyl sites for hydroxylation is 1. The van der Waals surface area contributed by atoms with Gasteiger partial charge in [-0.2, -0.15) is 5.10 Å². The zero-order valence-electron chi connectivity index (χ0n) is 28.8. The number of carbonyl (C=O) groups excluding carboxylic acids is 1. The summed E-state index contributed by atoms with van der Waals surface area (Å²) in [6.07, 6.45) is 9.67. The second-order valence-electron chi connectivity index (χ2n) is 15.2. The van der Waals surface area contributed by atoms with E-state index >= 15 is 0 Å². The summed E-state index contributed by atoms with van der Waals surface area (Å²) in [4.78, 5) is 15.7. The zero-order valence-corrected chi connectivity index (χ0v) is 28.8. The Balaban J connectivity index is 1.72. The Labute approximate surface area is 271 Å². The van der Waals surface area contributed by atoms with E-state index in [1.165, 1.54) is 29.5 Å². The lowest BCUT2D eigenvalue weighted by atomic mass is 9.66. The first kappa shape index (κ1) is 34.7. The molecule has 3 unspecified atom stereocenters. The molecule has 0 radical (unpaired) electrons. The third kappa shape index (κ3) is 8.18. The minimum atomic E-state index is -0.710. The average Bonchev–Trinajstić information content (AvgIpc) is 3.35. The lowest BCUT2D eigenvalue weighted by Crippen LogP contribution is -2.51. The topological polar surface area (TPSA) is 133 Å². The first-order chi connectivity index (χ1) is 21.2. The molecule has 1 aromatic carbocycles. The summed E-state index contributed by atoms with van der Waals surface area (Å²) in [6, 6.07) is 7.30. The molecular formula is C36H58N8O. The van der Waals surface area contributed by atoms with Gasteiger partial charge in [0, 0.05) is 42.5 Å². The summed E-state index contributed by atoms with van der Waals surface area (Å²) in [5.74, 6) is 12.7. The van der Waals surface area contributed by atoms with Crippen molar-refractivity contribution in [2.75, 3.05) is 19.6 Å². The fourth-order valence-electron chi connectivity index (χ4n) is 7.20. The Kier molecular flexibility index (Phi) is 10.9. The van der Waals surface area contributed by atoms with Crippen molar-refractivity contribution in [3.63, 3.8) is 0 Å². The van der Waals surface area contributed by atoms with Crippen LogP contribution in [-0.4, -0.2) is 53.4 Å². The summed E-state index contributed by atoms with van der Waals surface area (Å²) in [5, 5.41) is 14.8. The molecule has 1 fully saturated rings. The van der Waals surface area contributed by atoms with Crippen LogP contribution in [0.1, 0.15) is 97.3 Å². The molecule has 1 aliphatic heterocycles. The van der Waals surface area contributed by atoms with Gasteiger partial charge in [0.25, 0.3) is 0 Å². The van der Waals surface area contributed by atoms with Gasteiger partial charge in [0.15, 0.2) is 5.84 Å². The molecule has 0 spiro atoms. The molecule has 1 amide bonds. The molecule has 2 aliphatic carbocycles. The quantitative estimate of drug-likeness (QED) is 0.0759. The van der Waals surface area contributed by atoms with Crippen LogP contribution in [0.4, 0.5) is 0 Å². The van der Waals surface area contributed by atoms with E-state index in [9.17, 15) is 4.79 Å². The van der Waals surface area contributed by atoms with Gasteiger partial charge in [0.1, 0.15) is 0 Å². The van der Waals surface area contributed by atoms with E-state index in [1.807, 2.05) is 20.8 Å². The van der Waals surface area contributed by atoms with Gasteiger partial charge in [-0.3, -0.25) is 4.79 Å². The number of nitrogens with two attached hydrogens (primary N) is 2. The van der Waals surface area contributed by atoms with Crippen LogP contribution in [0, 0.1) is 5.92 Å². The monoisotopic (exact) mass is 618 g/mol. The number of allylic oxidation sites excluding steroid dienone is 2. The molecule has 1 aromatic rings. The maximum atomic E-state index is 13.3. The van der Waals surface area contributed by atoms with Gasteiger partial charge >= 0.3 is 0 Å². The van der Waals surface area contributed by atoms with Crippen LogP contribution in [0.3, 0.4) is 0 Å². The number of carbonyl (C=O) groups is 1. The van der Waals surface area contributed by atoms with Crippen molar-refractivity contribution in [1.29, 1.82) is 0 Å². The third-order valence-corrected chi connectivity index (χ3v) is 9.42. The van der Waals surface area contributed by atoms with Crippen molar-refractivity contribution >= 4 is 11.7 Å². The van der Waals surface area contributed by atoms with E-state index in [1.54, 1.807) is 0 Å². The predicted molar refractivity (Wildman–Crippen MR) is 186 cm³/mol. The van der Waals surface area contributed by atoms with Crippen molar-refractivity contribution in [1.82, 2.24) is 26.3 Å². The van der Waals surface area contributed by atoms with Crippen LogP contribution < -0.4 is 33.1 Å². The fraction of sp³-hybridized carbons (Fsp3) is 0.611. The van der Waals surface area contributed by atoms with E-state index in [-0.39, 0.29) is 22.9 Å². The average molecular weight is 619 g/mol. The van der Waals surface area contributed by atoms with Gasteiger partial charge in [-0.25, -0.2) is 5.84 Å². The van der Waals surface area contributed by atoms with Crippen LogP contribution in [-0.2, 0) is 23.2 Å². The SMILES string of the molecule is C=C(CNCCC1(/C(=N/N)NN)C2=C(CCc3cc(CNC(C)(C)C)ccc31)CC(C(=O)NC(C)(C)C)C=C2)N1CCCC1C. The van der Waals surface area contributed by atoms with E-state index in [2.05, 4.69) is 96.0 Å². The first-order valence-corrected chi connectivity index (χ1v) is 16.7. The number of nitrogens with one attached hydrogen (secondary N) is 4. The number of hydrazine groups is 1. The summed E-state index contributed by atoms with van der Waals surface area (Å²) < 4.78 is 0.